The van der Waals surface area contributed by atoms with Crippen LogP contribution in [0.25, 0.3) is 10.8 Å². The van der Waals surface area contributed by atoms with Crippen LogP contribution < -0.4 is 15.4 Å². The lowest BCUT2D eigenvalue weighted by molar-refractivity contribution is 0.102. The van der Waals surface area contributed by atoms with Gasteiger partial charge in [-0.2, -0.15) is 0 Å². The molecule has 3 aromatic carbocycles. The summed E-state index contributed by atoms with van der Waals surface area (Å²) in [5.74, 6) is 1.20. The Morgan fingerprint density at radius 1 is 1.00 bits per heavy atom. The van der Waals surface area contributed by atoms with Crippen LogP contribution in [0, 0.1) is 0 Å². The van der Waals surface area contributed by atoms with Crippen molar-refractivity contribution in [2.75, 3.05) is 29.5 Å². The molecule has 0 fully saturated rings. The normalized spacial score (nSPS) is 10.7. The topological polar surface area (TPSA) is 76.1 Å². The van der Waals surface area contributed by atoms with Crippen molar-refractivity contribution in [2.24, 2.45) is 0 Å². The number of amides is 1. The second-order valence-electron chi connectivity index (χ2n) is 6.55. The van der Waals surface area contributed by atoms with Crippen LogP contribution in [0.2, 0.25) is 0 Å². The van der Waals surface area contributed by atoms with Crippen molar-refractivity contribution in [3.8, 4) is 5.75 Å². The number of carbonyl (C=O) groups is 1. The molecule has 0 unspecified atom stereocenters. The number of fused-ring (bicyclic) bond motifs is 1. The minimum Gasteiger partial charge on any atom is -0.493 e. The first-order valence-electron chi connectivity index (χ1n) is 9.95. The van der Waals surface area contributed by atoms with Crippen molar-refractivity contribution in [1.29, 1.82) is 0 Å². The molecule has 0 aliphatic carbocycles. The number of thioether (sulfide) groups is 1. The van der Waals surface area contributed by atoms with Crippen molar-refractivity contribution < 1.29 is 9.53 Å². The molecule has 0 spiro atoms. The maximum Gasteiger partial charge on any atom is 0.261 e. The molecule has 0 aliphatic rings. The van der Waals surface area contributed by atoms with Crippen LogP contribution in [0.15, 0.2) is 71.6 Å². The Morgan fingerprint density at radius 3 is 2.61 bits per heavy atom. The largest absolute Gasteiger partial charge is 0.493 e. The van der Waals surface area contributed by atoms with Gasteiger partial charge >= 0.3 is 0 Å². The van der Waals surface area contributed by atoms with E-state index in [-0.39, 0.29) is 5.91 Å². The highest BCUT2D eigenvalue weighted by atomic mass is 32.2. The molecule has 0 saturated heterocycles. The molecule has 6 nitrogen and oxygen atoms in total. The number of carbonyl (C=O) groups excluding carboxylic acids is 1. The zero-order valence-electron chi connectivity index (χ0n) is 17.0. The Labute approximate surface area is 189 Å². The Morgan fingerprint density at radius 2 is 1.77 bits per heavy atom. The molecule has 31 heavy (non-hydrogen) atoms. The number of benzene rings is 3. The third kappa shape index (κ3) is 5.34. The third-order valence-corrected chi connectivity index (χ3v) is 6.26. The van der Waals surface area contributed by atoms with E-state index < -0.39 is 0 Å². The van der Waals surface area contributed by atoms with Gasteiger partial charge in [-0.05, 0) is 35.9 Å². The van der Waals surface area contributed by atoms with Crippen LogP contribution in [0.3, 0.4) is 0 Å². The van der Waals surface area contributed by atoms with Crippen LogP contribution in [0.4, 0.5) is 10.3 Å². The zero-order valence-corrected chi connectivity index (χ0v) is 18.6. The second-order valence-corrected chi connectivity index (χ2v) is 8.69. The lowest BCUT2D eigenvalue weighted by Gasteiger charge is -2.12. The molecule has 0 atom stereocenters. The van der Waals surface area contributed by atoms with Crippen molar-refractivity contribution in [3.63, 3.8) is 0 Å². The van der Waals surface area contributed by atoms with E-state index in [0.717, 1.165) is 23.1 Å². The summed E-state index contributed by atoms with van der Waals surface area (Å²) in [6, 6.07) is 21.8. The molecule has 4 aromatic rings. The summed E-state index contributed by atoms with van der Waals surface area (Å²) in [7, 11) is 0. The average molecular weight is 451 g/mol. The molecule has 0 radical (unpaired) electrons. The summed E-state index contributed by atoms with van der Waals surface area (Å²) in [5.41, 5.74) is 0.504. The smallest absolute Gasteiger partial charge is 0.261 e. The fourth-order valence-corrected chi connectivity index (χ4v) is 4.56. The summed E-state index contributed by atoms with van der Waals surface area (Å²) in [4.78, 5) is 14.3. The molecule has 4 rings (SSSR count). The number of hydrogen-bond acceptors (Lipinski definition) is 7. The van der Waals surface area contributed by atoms with Gasteiger partial charge in [-0.15, -0.1) is 22.0 Å². The van der Waals surface area contributed by atoms with Gasteiger partial charge in [-0.1, -0.05) is 59.9 Å². The first kappa shape index (κ1) is 21.1. The molecule has 1 aromatic heterocycles. The predicted molar refractivity (Wildman–Crippen MR) is 129 cm³/mol. The molecule has 0 bridgehead atoms. The monoisotopic (exact) mass is 450 g/mol. The highest BCUT2D eigenvalue weighted by molar-refractivity contribution is 7.99. The maximum absolute atomic E-state index is 13.1. The Hall–Kier alpha value is -3.10. The summed E-state index contributed by atoms with van der Waals surface area (Å²) in [6.45, 7) is 3.13. The van der Waals surface area contributed by atoms with Crippen molar-refractivity contribution in [3.05, 3.63) is 72.3 Å². The van der Waals surface area contributed by atoms with E-state index in [1.54, 1.807) is 11.8 Å². The fraction of sp³-hybridized carbons (Fsp3) is 0.174. The van der Waals surface area contributed by atoms with Crippen molar-refractivity contribution in [2.45, 2.75) is 11.8 Å². The Kier molecular flexibility index (Phi) is 7.01. The lowest BCUT2D eigenvalue weighted by Crippen LogP contribution is -2.14. The number of anilines is 2. The molecule has 0 aliphatic heterocycles. The van der Waals surface area contributed by atoms with Crippen LogP contribution in [0.1, 0.15) is 17.3 Å². The van der Waals surface area contributed by atoms with Gasteiger partial charge in [0.15, 0.2) is 0 Å². The molecule has 1 amide bonds. The second kappa shape index (κ2) is 10.3. The fourth-order valence-electron chi connectivity index (χ4n) is 3.11. The van der Waals surface area contributed by atoms with Gasteiger partial charge < -0.3 is 10.1 Å². The van der Waals surface area contributed by atoms with Crippen LogP contribution in [0.5, 0.6) is 5.75 Å². The van der Waals surface area contributed by atoms with E-state index >= 15 is 0 Å². The lowest BCUT2D eigenvalue weighted by atomic mass is 10.0. The molecule has 0 saturated carbocycles. The quantitative estimate of drug-likeness (QED) is 0.257. The van der Waals surface area contributed by atoms with Crippen molar-refractivity contribution in [1.82, 2.24) is 10.2 Å². The molecule has 158 valence electrons. The van der Waals surface area contributed by atoms with E-state index in [1.807, 2.05) is 61.5 Å². The molecule has 2 N–H and O–H groups in total. The summed E-state index contributed by atoms with van der Waals surface area (Å²) < 4.78 is 5.70. The summed E-state index contributed by atoms with van der Waals surface area (Å²) >= 11 is 3.08. The number of nitrogens with zero attached hydrogens (tertiary/aromatic N) is 2. The van der Waals surface area contributed by atoms with Gasteiger partial charge in [0.2, 0.25) is 10.3 Å². The van der Waals surface area contributed by atoms with E-state index in [4.69, 9.17) is 4.74 Å². The number of rotatable bonds is 9. The van der Waals surface area contributed by atoms with E-state index in [2.05, 4.69) is 33.0 Å². The highest BCUT2D eigenvalue weighted by Gasteiger charge is 2.18. The average Bonchev–Trinajstić information content (AvgIpc) is 3.24. The minimum absolute atomic E-state index is 0.261. The number of aromatic nitrogens is 2. The highest BCUT2D eigenvalue weighted by Crippen LogP contribution is 2.30. The maximum atomic E-state index is 13.1. The zero-order chi connectivity index (χ0) is 21.5. The third-order valence-electron chi connectivity index (χ3n) is 4.45. The van der Waals surface area contributed by atoms with Crippen LogP contribution >= 0.6 is 23.1 Å². The van der Waals surface area contributed by atoms with Crippen LogP contribution in [-0.2, 0) is 0 Å². The molecular formula is C23H22N4O2S2. The van der Waals surface area contributed by atoms with Gasteiger partial charge in [0.05, 0.1) is 12.2 Å². The van der Waals surface area contributed by atoms with E-state index in [9.17, 15) is 4.79 Å². The SMILES string of the molecule is CCOc1ccc2ccccc2c1C(=O)Nc1nnc(NCCSc2ccccc2)s1. The van der Waals surface area contributed by atoms with Crippen molar-refractivity contribution >= 4 is 50.0 Å². The summed E-state index contributed by atoms with van der Waals surface area (Å²) in [5, 5.41) is 17.3. The van der Waals surface area contributed by atoms with E-state index in [1.165, 1.54) is 16.2 Å². The van der Waals surface area contributed by atoms with Gasteiger partial charge in [-0.25, -0.2) is 0 Å². The standard InChI is InChI=1S/C23H22N4O2S2/c1-2-29-19-13-12-16-8-6-7-11-18(16)20(19)21(28)25-23-27-26-22(31-23)24-14-15-30-17-9-4-3-5-10-17/h3-13H,2,14-15H2,1H3,(H,24,26)(H,25,27,28). The van der Waals surface area contributed by atoms with E-state index in [0.29, 0.717) is 28.2 Å². The van der Waals surface area contributed by atoms with Gasteiger partial charge in [0, 0.05) is 17.2 Å². The molecule has 8 heteroatoms. The van der Waals surface area contributed by atoms with Gasteiger partial charge in [0.1, 0.15) is 5.75 Å². The van der Waals surface area contributed by atoms with Crippen LogP contribution in [-0.4, -0.2) is 35.0 Å². The molecule has 1 heterocycles. The Balaban J connectivity index is 1.40. The first-order valence-corrected chi connectivity index (χ1v) is 11.8. The predicted octanol–water partition coefficient (Wildman–Crippen LogP) is 5.55. The minimum atomic E-state index is -0.261. The number of nitrogens with one attached hydrogen (secondary N) is 2. The van der Waals surface area contributed by atoms with Gasteiger partial charge in [-0.3, -0.25) is 10.1 Å². The Bertz CT molecular complexity index is 1160. The van der Waals surface area contributed by atoms with Gasteiger partial charge in [0.25, 0.3) is 5.91 Å². The summed E-state index contributed by atoms with van der Waals surface area (Å²) in [6.07, 6.45) is 0. The molecular weight excluding hydrogens is 428 g/mol. The number of hydrogen-bond donors (Lipinski definition) is 2. The first-order chi connectivity index (χ1) is 15.2. The number of ether oxygens (including phenoxy) is 1.